The van der Waals surface area contributed by atoms with Gasteiger partial charge in [0.1, 0.15) is 11.4 Å². The molecule has 0 aromatic heterocycles. The summed E-state index contributed by atoms with van der Waals surface area (Å²) in [6, 6.07) is 0. The lowest BCUT2D eigenvalue weighted by molar-refractivity contribution is -0.140. The minimum Gasteiger partial charge on any atom is -0.487 e. The summed E-state index contributed by atoms with van der Waals surface area (Å²) in [7, 11) is -2.61. The van der Waals surface area contributed by atoms with Crippen molar-refractivity contribution in [3.63, 3.8) is 0 Å². The Morgan fingerprint density at radius 2 is 1.86 bits per heavy atom. The summed E-state index contributed by atoms with van der Waals surface area (Å²) in [5, 5.41) is 0. The third-order valence-corrected chi connectivity index (χ3v) is 7.86. The molecule has 1 aliphatic heterocycles. The van der Waals surface area contributed by atoms with Gasteiger partial charge in [-0.3, -0.25) is 9.79 Å². The number of nitrogens with zero attached hydrogens (tertiary/aromatic N) is 2. The molecule has 0 unspecified atom stereocenters. The summed E-state index contributed by atoms with van der Waals surface area (Å²) in [4.78, 5) is 18.6. The quantitative estimate of drug-likeness (QED) is 0.219. The zero-order valence-corrected chi connectivity index (χ0v) is 23.7. The van der Waals surface area contributed by atoms with Gasteiger partial charge in [-0.15, -0.1) is 0 Å². The molecular weight excluding hydrogens is 466 g/mol. The van der Waals surface area contributed by atoms with E-state index < -0.39 is 10.0 Å². The van der Waals surface area contributed by atoms with Gasteiger partial charge in [-0.1, -0.05) is 27.2 Å². The number of nitrogens with one attached hydrogen (secondary N) is 1. The highest BCUT2D eigenvalue weighted by Gasteiger charge is 2.37. The van der Waals surface area contributed by atoms with Gasteiger partial charge in [0.05, 0.1) is 18.4 Å². The Labute approximate surface area is 211 Å². The first-order valence-electron chi connectivity index (χ1n) is 12.4. The van der Waals surface area contributed by atoms with Crippen LogP contribution in [0.3, 0.4) is 0 Å². The number of hydrogen-bond acceptors (Lipinski definition) is 6. The normalized spacial score (nSPS) is 15.1. The molecule has 198 valence electrons. The molecule has 1 aliphatic rings. The number of rotatable bonds is 10. The van der Waals surface area contributed by atoms with E-state index in [-0.39, 0.29) is 34.8 Å². The maximum atomic E-state index is 13.9. The number of aliphatic imine (C=N–C) groups is 1. The standard InChI is InChI=1S/C26H43N3O5S/c1-10-11-13-27-25(29(16-17(2)3)14-12-22(30)33-9)28-35(31,32)24-19(5)18(4)23-21(20(24)6)15-26(7,8)34-23/h17H,10-16H2,1-9H3,(H,27,28). The predicted octanol–water partition coefficient (Wildman–Crippen LogP) is 4.28. The number of methoxy groups -OCH3 is 1. The van der Waals surface area contributed by atoms with E-state index in [1.165, 1.54) is 7.11 Å². The Morgan fingerprint density at radius 3 is 2.43 bits per heavy atom. The molecule has 0 saturated heterocycles. The highest BCUT2D eigenvalue weighted by molar-refractivity contribution is 7.90. The van der Waals surface area contributed by atoms with Gasteiger partial charge in [0, 0.05) is 31.6 Å². The minimum atomic E-state index is -3.96. The third-order valence-electron chi connectivity index (χ3n) is 6.26. The van der Waals surface area contributed by atoms with Crippen molar-refractivity contribution in [1.29, 1.82) is 0 Å². The molecule has 1 heterocycles. The number of benzene rings is 1. The molecule has 0 amide bonds. The van der Waals surface area contributed by atoms with Crippen molar-refractivity contribution in [2.75, 3.05) is 26.7 Å². The molecule has 0 radical (unpaired) electrons. The van der Waals surface area contributed by atoms with Crippen LogP contribution in [0.5, 0.6) is 5.75 Å². The Bertz CT molecular complexity index is 1060. The fraction of sp³-hybridized carbons (Fsp3) is 0.692. The van der Waals surface area contributed by atoms with Crippen molar-refractivity contribution < 1.29 is 22.7 Å². The van der Waals surface area contributed by atoms with Crippen LogP contribution in [-0.4, -0.2) is 57.6 Å². The number of fused-ring (bicyclic) bond motifs is 1. The summed E-state index contributed by atoms with van der Waals surface area (Å²) < 4.78 is 41.5. The number of unbranched alkanes of at least 4 members (excludes halogenated alkanes) is 1. The van der Waals surface area contributed by atoms with Gasteiger partial charge in [0.15, 0.2) is 0 Å². The predicted molar refractivity (Wildman–Crippen MR) is 140 cm³/mol. The van der Waals surface area contributed by atoms with E-state index >= 15 is 0 Å². The van der Waals surface area contributed by atoms with Crippen molar-refractivity contribution in [1.82, 2.24) is 9.62 Å². The molecule has 0 fully saturated rings. The van der Waals surface area contributed by atoms with Crippen LogP contribution < -0.4 is 9.46 Å². The molecule has 1 aromatic rings. The van der Waals surface area contributed by atoms with E-state index in [1.54, 1.807) is 0 Å². The number of esters is 1. The van der Waals surface area contributed by atoms with Crippen molar-refractivity contribution >= 4 is 22.0 Å². The SMILES string of the molecule is CCCCN=C(NS(=O)(=O)c1c(C)c(C)c2c(c1C)CC(C)(C)O2)N(CCC(=O)OC)CC(C)C. The zero-order chi connectivity index (χ0) is 26.6. The number of carbonyl (C=O) groups is 1. The summed E-state index contributed by atoms with van der Waals surface area (Å²) in [5.74, 6) is 0.946. The van der Waals surface area contributed by atoms with Crippen LogP contribution in [0.15, 0.2) is 9.89 Å². The summed E-state index contributed by atoms with van der Waals surface area (Å²) in [6.45, 7) is 17.1. The lowest BCUT2D eigenvalue weighted by Crippen LogP contribution is -2.47. The summed E-state index contributed by atoms with van der Waals surface area (Å²) in [5.41, 5.74) is 2.77. The molecule has 2 rings (SSSR count). The van der Waals surface area contributed by atoms with Crippen LogP contribution in [0.25, 0.3) is 0 Å². The summed E-state index contributed by atoms with van der Waals surface area (Å²) >= 11 is 0. The van der Waals surface area contributed by atoms with Gasteiger partial charge in [-0.25, -0.2) is 13.1 Å². The molecule has 9 heteroatoms. The zero-order valence-electron chi connectivity index (χ0n) is 22.9. The lowest BCUT2D eigenvalue weighted by Gasteiger charge is -2.28. The van der Waals surface area contributed by atoms with Gasteiger partial charge in [0.25, 0.3) is 10.0 Å². The second-order valence-corrected chi connectivity index (χ2v) is 12.0. The average molecular weight is 510 g/mol. The lowest BCUT2D eigenvalue weighted by atomic mass is 9.94. The molecule has 35 heavy (non-hydrogen) atoms. The second kappa shape index (κ2) is 11.6. The van der Waals surface area contributed by atoms with E-state index in [4.69, 9.17) is 9.47 Å². The first-order chi connectivity index (χ1) is 16.2. The smallest absolute Gasteiger partial charge is 0.307 e. The van der Waals surface area contributed by atoms with Crippen LogP contribution >= 0.6 is 0 Å². The van der Waals surface area contributed by atoms with E-state index in [0.717, 1.165) is 29.7 Å². The molecule has 1 aromatic carbocycles. The Kier molecular flexibility index (Phi) is 9.62. The van der Waals surface area contributed by atoms with Gasteiger partial charge in [-0.2, -0.15) is 0 Å². The van der Waals surface area contributed by atoms with Crippen molar-refractivity contribution in [2.45, 2.75) is 91.6 Å². The maximum Gasteiger partial charge on any atom is 0.307 e. The van der Waals surface area contributed by atoms with Gasteiger partial charge < -0.3 is 14.4 Å². The van der Waals surface area contributed by atoms with Crippen LogP contribution in [0.1, 0.15) is 76.1 Å². The topological polar surface area (TPSA) is 97.3 Å². The second-order valence-electron chi connectivity index (χ2n) is 10.4. The highest BCUT2D eigenvalue weighted by atomic mass is 32.2. The maximum absolute atomic E-state index is 13.9. The van der Waals surface area contributed by atoms with E-state index in [2.05, 4.69) is 16.6 Å². The molecule has 0 saturated carbocycles. The van der Waals surface area contributed by atoms with Crippen molar-refractivity contribution in [3.05, 3.63) is 22.3 Å². The Balaban J connectivity index is 2.52. The molecule has 0 bridgehead atoms. The van der Waals surface area contributed by atoms with E-state index in [9.17, 15) is 13.2 Å². The molecule has 0 spiro atoms. The fourth-order valence-electron chi connectivity index (χ4n) is 4.41. The molecular formula is C26H43N3O5S. The van der Waals surface area contributed by atoms with E-state index in [0.29, 0.717) is 37.2 Å². The number of guanidine groups is 1. The first-order valence-corrected chi connectivity index (χ1v) is 13.9. The molecule has 0 atom stereocenters. The number of ether oxygens (including phenoxy) is 2. The van der Waals surface area contributed by atoms with E-state index in [1.807, 2.05) is 53.4 Å². The van der Waals surface area contributed by atoms with Crippen LogP contribution in [-0.2, 0) is 26.0 Å². The Hall–Kier alpha value is -2.29. The van der Waals surface area contributed by atoms with Gasteiger partial charge in [0.2, 0.25) is 5.96 Å². The number of hydrogen-bond donors (Lipinski definition) is 1. The largest absolute Gasteiger partial charge is 0.487 e. The molecule has 8 nitrogen and oxygen atoms in total. The third kappa shape index (κ3) is 7.12. The molecule has 0 aliphatic carbocycles. The molecule has 1 N–H and O–H groups in total. The van der Waals surface area contributed by atoms with Crippen LogP contribution in [0.2, 0.25) is 0 Å². The number of carbonyl (C=O) groups excluding carboxylic acids is 1. The van der Waals surface area contributed by atoms with Crippen molar-refractivity contribution in [3.8, 4) is 5.75 Å². The van der Waals surface area contributed by atoms with Crippen LogP contribution in [0.4, 0.5) is 0 Å². The average Bonchev–Trinajstić information content (AvgIpc) is 3.09. The number of sulfonamides is 1. The monoisotopic (exact) mass is 509 g/mol. The summed E-state index contributed by atoms with van der Waals surface area (Å²) in [6.07, 6.45) is 2.56. The minimum absolute atomic E-state index is 0.139. The fourth-order valence-corrected chi connectivity index (χ4v) is 6.03. The van der Waals surface area contributed by atoms with Gasteiger partial charge in [-0.05, 0) is 63.6 Å². The van der Waals surface area contributed by atoms with Gasteiger partial charge >= 0.3 is 5.97 Å². The highest BCUT2D eigenvalue weighted by Crippen LogP contribution is 2.43. The van der Waals surface area contributed by atoms with Crippen molar-refractivity contribution in [2.24, 2.45) is 10.9 Å². The first kappa shape index (κ1) is 28.9. The van der Waals surface area contributed by atoms with Crippen LogP contribution in [0, 0.1) is 26.7 Å². The Morgan fingerprint density at radius 1 is 1.20 bits per heavy atom.